The van der Waals surface area contributed by atoms with E-state index in [1.165, 1.54) is 178 Å². The number of allylic oxidation sites excluding steroid dienone is 10. The minimum absolute atomic E-state index is 0.281. The van der Waals surface area contributed by atoms with Crippen LogP contribution in [0.15, 0.2) is 272 Å². The Morgan fingerprint density at radius 3 is 1.28 bits per heavy atom. The highest BCUT2D eigenvalue weighted by atomic mass is 79.9. The van der Waals surface area contributed by atoms with Crippen LogP contribution in [0.5, 0.6) is 0 Å². The third-order valence-corrected chi connectivity index (χ3v) is 24.5. The van der Waals surface area contributed by atoms with Crippen LogP contribution in [-0.2, 0) is 75.4 Å². The molecule has 0 spiro atoms. The van der Waals surface area contributed by atoms with Crippen molar-refractivity contribution in [1.29, 1.82) is 0 Å². The van der Waals surface area contributed by atoms with Crippen molar-refractivity contribution in [3.8, 4) is 22.3 Å². The van der Waals surface area contributed by atoms with Gasteiger partial charge in [0.25, 0.3) is 0 Å². The topological polar surface area (TPSA) is 80.9 Å². The molecule has 4 nitrogen and oxygen atoms in total. The lowest BCUT2D eigenvalue weighted by molar-refractivity contribution is -0.0725. The van der Waals surface area contributed by atoms with Crippen LogP contribution in [0.2, 0.25) is 0 Å². The maximum Gasteiger partial charge on any atom is 0.122 e. The molecule has 9 aliphatic carbocycles. The van der Waals surface area contributed by atoms with Gasteiger partial charge in [0.1, 0.15) is 11.2 Å². The van der Waals surface area contributed by atoms with Gasteiger partial charge in [0.15, 0.2) is 0 Å². The van der Waals surface area contributed by atoms with E-state index in [0.29, 0.717) is 12.8 Å². The molecule has 0 radical (unpaired) electrons. The SMILES string of the molecule is Brc1cccc2c1CCCC2.C=Cc1c(C=C)c(-c2cccc3c2CCCC3)c2ccccc2c1-c1cccc2c1CCCC2.OC1(C2=CCCCC/C=C/C=C2)c2ccccc2C(O)(c2cccc3c2CCCC3)C2C=CC=CC21.OC1/C=C/CC/C=C/C(O)C/C=C\C=C/C1.c1ccc2c(c1)CCCC2. The summed E-state index contributed by atoms with van der Waals surface area (Å²) in [4.78, 5) is 0. The number of aryl methyl sites for hydroxylation is 6. The molecule has 5 heteroatoms. The first-order valence-corrected chi connectivity index (χ1v) is 41.3. The number of hydrogen-bond acceptors (Lipinski definition) is 4. The smallest absolute Gasteiger partial charge is 0.122 e. The van der Waals surface area contributed by atoms with Gasteiger partial charge in [-0.2, -0.15) is 0 Å². The van der Waals surface area contributed by atoms with Gasteiger partial charge < -0.3 is 20.4 Å². The summed E-state index contributed by atoms with van der Waals surface area (Å²) in [6.45, 7) is 8.64. The zero-order valence-electron chi connectivity index (χ0n) is 63.0. The second-order valence-electron chi connectivity index (χ2n) is 30.6. The van der Waals surface area contributed by atoms with Gasteiger partial charge >= 0.3 is 0 Å². The lowest BCUT2D eigenvalue weighted by Crippen LogP contribution is -2.54. The number of benzene rings is 8. The maximum atomic E-state index is 12.9. The molecule has 6 unspecified atom stereocenters. The van der Waals surface area contributed by atoms with E-state index in [4.69, 9.17) is 0 Å². The first-order chi connectivity index (χ1) is 52.6. The third-order valence-electron chi connectivity index (χ3n) is 23.8. The second kappa shape index (κ2) is 37.5. The summed E-state index contributed by atoms with van der Waals surface area (Å²) >= 11 is 3.58. The van der Waals surface area contributed by atoms with Crippen LogP contribution in [-0.4, -0.2) is 32.6 Å². The molecular formula is C102H111BrO4. The maximum absolute atomic E-state index is 12.9. The molecule has 8 aromatic rings. The zero-order valence-corrected chi connectivity index (χ0v) is 64.6. The van der Waals surface area contributed by atoms with E-state index < -0.39 is 11.2 Å². The Balaban J connectivity index is 0.000000130. The molecule has 0 amide bonds. The molecule has 107 heavy (non-hydrogen) atoms. The fourth-order valence-corrected chi connectivity index (χ4v) is 19.1. The molecule has 0 heterocycles. The number of aliphatic hydroxyl groups is 4. The predicted molar refractivity (Wildman–Crippen MR) is 456 cm³/mol. The van der Waals surface area contributed by atoms with E-state index in [9.17, 15) is 20.4 Å². The van der Waals surface area contributed by atoms with Gasteiger partial charge in [-0.25, -0.2) is 0 Å². The summed E-state index contributed by atoms with van der Waals surface area (Å²) in [6, 6.07) is 52.7. The molecule has 0 bridgehead atoms. The first-order valence-electron chi connectivity index (χ1n) is 40.5. The van der Waals surface area contributed by atoms with Crippen molar-refractivity contribution in [2.45, 2.75) is 203 Å². The van der Waals surface area contributed by atoms with Gasteiger partial charge in [-0.1, -0.05) is 284 Å². The fourth-order valence-electron chi connectivity index (χ4n) is 18.4. The highest BCUT2D eigenvalue weighted by Gasteiger charge is 2.58. The number of aliphatic hydroxyl groups excluding tert-OH is 2. The molecule has 550 valence electrons. The summed E-state index contributed by atoms with van der Waals surface area (Å²) in [5.74, 6) is -0.569. The number of hydrogen-bond donors (Lipinski definition) is 4. The van der Waals surface area contributed by atoms with E-state index in [0.717, 1.165) is 92.9 Å². The van der Waals surface area contributed by atoms with Gasteiger partial charge in [-0.15, -0.1) is 0 Å². The highest BCUT2D eigenvalue weighted by Crippen LogP contribution is 2.59. The van der Waals surface area contributed by atoms with Gasteiger partial charge in [-0.05, 0) is 308 Å². The Hall–Kier alpha value is -8.52. The summed E-state index contributed by atoms with van der Waals surface area (Å²) in [7, 11) is 0. The number of halogens is 1. The minimum atomic E-state index is -1.23. The Labute approximate surface area is 647 Å². The van der Waals surface area contributed by atoms with E-state index in [1.54, 1.807) is 22.3 Å². The molecule has 9 aliphatic rings. The van der Waals surface area contributed by atoms with Crippen molar-refractivity contribution in [1.82, 2.24) is 0 Å². The van der Waals surface area contributed by atoms with Crippen molar-refractivity contribution in [2.75, 3.05) is 0 Å². The van der Waals surface area contributed by atoms with Crippen molar-refractivity contribution < 1.29 is 20.4 Å². The van der Waals surface area contributed by atoms with Crippen LogP contribution in [0, 0.1) is 11.8 Å². The van der Waals surface area contributed by atoms with E-state index in [2.05, 4.69) is 205 Å². The van der Waals surface area contributed by atoms with Crippen molar-refractivity contribution in [3.05, 3.63) is 356 Å². The van der Waals surface area contributed by atoms with Crippen LogP contribution in [0.3, 0.4) is 0 Å². The highest BCUT2D eigenvalue weighted by molar-refractivity contribution is 9.10. The minimum Gasteiger partial charge on any atom is -0.389 e. The standard InChI is InChI=1S/C34H36O2.C34H32.C14H20O2.C10H11Br.C10H12/c35-33(26-17-6-4-2-1-3-5-7-18-26)29-20-10-12-22-31(29)34(36,32-23-13-11-21-30(32)33)28-24-14-16-25-15-8-9-19-27(25)28;1-3-25-26(4-2)34(30-22-12-16-24-14-6-8-18-28(24)30)32-20-10-9-19-31(32)33(25)29-21-11-15-23-13-5-7-17-27(23)29;15-13-9-5-1-2-6-10-14(16)12-8-4-3-7-11-13;11-10-7-3-5-8-4-1-2-6-9(8)10;1-2-6-10-8-4-3-7-9(10)5-1/h2,4,6,10-14,16-18,20-24,29,31,35-36H,1,3,5,7-9,15,19H2;3-4,9-12,15-16,19-22H,1-2,5-8,13-14,17-18H2;1-2,5-8,11-16H,3-4,9-10H2;3,5,7H,1-2,4,6H2;1-2,5-6H,3-4,7-8H2/b4-2+,17-6?,26-18?;;5-1-,6-2-,11-7+,12-8+;;. The molecule has 0 aliphatic heterocycles. The molecule has 6 atom stereocenters. The van der Waals surface area contributed by atoms with Crippen LogP contribution in [0.25, 0.3) is 45.2 Å². The van der Waals surface area contributed by atoms with Crippen LogP contribution < -0.4 is 0 Å². The van der Waals surface area contributed by atoms with Gasteiger partial charge in [0.05, 0.1) is 12.2 Å². The Kier molecular flexibility index (Phi) is 26.9. The Bertz CT molecular complexity index is 4550. The Morgan fingerprint density at radius 2 is 0.748 bits per heavy atom. The lowest BCUT2D eigenvalue weighted by atomic mass is 9.54. The zero-order chi connectivity index (χ0) is 73.8. The first kappa shape index (κ1) is 76.7. The number of rotatable bonds is 6. The molecule has 0 saturated carbocycles. The molecule has 0 saturated heterocycles. The van der Waals surface area contributed by atoms with Crippen LogP contribution in [0.4, 0.5) is 0 Å². The van der Waals surface area contributed by atoms with Crippen molar-refractivity contribution >= 4 is 38.9 Å². The molecule has 17 rings (SSSR count). The largest absolute Gasteiger partial charge is 0.389 e. The number of fused-ring (bicyclic) bond motifs is 8. The van der Waals surface area contributed by atoms with Crippen LogP contribution >= 0.6 is 15.9 Å². The van der Waals surface area contributed by atoms with Gasteiger partial charge in [-0.3, -0.25) is 0 Å². The summed E-state index contributed by atoms with van der Waals surface area (Å²) in [6.07, 6.45) is 69.9. The molecule has 8 aromatic carbocycles. The van der Waals surface area contributed by atoms with Crippen molar-refractivity contribution in [2.24, 2.45) is 11.8 Å². The Morgan fingerprint density at radius 1 is 0.346 bits per heavy atom. The van der Waals surface area contributed by atoms with Gasteiger partial charge in [0, 0.05) is 16.3 Å². The van der Waals surface area contributed by atoms with Crippen molar-refractivity contribution in [3.63, 3.8) is 0 Å². The predicted octanol–water partition coefficient (Wildman–Crippen LogP) is 24.6. The fraction of sp³-hybridized carbons (Fsp3) is 0.333. The van der Waals surface area contributed by atoms with Gasteiger partial charge in [0.2, 0.25) is 0 Å². The average molecular weight is 1480 g/mol. The summed E-state index contributed by atoms with van der Waals surface area (Å²) < 4.78 is 1.30. The average Bonchev–Trinajstić information content (AvgIpc) is 0.693. The van der Waals surface area contributed by atoms with E-state index in [-0.39, 0.29) is 24.0 Å². The second-order valence-corrected chi connectivity index (χ2v) is 31.4. The monoisotopic (exact) mass is 1480 g/mol. The van der Waals surface area contributed by atoms with E-state index >= 15 is 0 Å². The normalized spacial score (nSPS) is 24.1. The van der Waals surface area contributed by atoms with Crippen LogP contribution in [0.1, 0.15) is 199 Å². The third kappa shape index (κ3) is 17.6. The lowest BCUT2D eigenvalue weighted by Gasteiger charge is -2.53. The van der Waals surface area contributed by atoms with E-state index in [1.807, 2.05) is 85.0 Å². The molecule has 0 fully saturated rings. The molecule has 4 N–H and O–H groups in total. The summed E-state index contributed by atoms with van der Waals surface area (Å²) in [5, 5.41) is 47.4. The molecule has 0 aromatic heterocycles. The quantitative estimate of drug-likeness (QED) is 0.125. The molecular weight excluding hydrogens is 1370 g/mol. The summed E-state index contributed by atoms with van der Waals surface area (Å²) in [5.41, 5.74) is 24.0.